The smallest absolute Gasteiger partial charge is 0.0885 e. The van der Waals surface area contributed by atoms with Crippen LogP contribution in [0.3, 0.4) is 0 Å². The van der Waals surface area contributed by atoms with Crippen molar-refractivity contribution < 1.29 is 4.74 Å². The summed E-state index contributed by atoms with van der Waals surface area (Å²) in [6, 6.07) is 0. The molecule has 1 saturated carbocycles. The van der Waals surface area contributed by atoms with Gasteiger partial charge in [0.2, 0.25) is 0 Å². The van der Waals surface area contributed by atoms with Crippen molar-refractivity contribution >= 4 is 27.5 Å². The number of hydrogen-bond acceptors (Lipinski definition) is 1. The SMILES string of the molecule is CC(COC(C)(CCl)CBr)C1CCC1. The first-order valence-electron chi connectivity index (χ1n) is 5.37. The van der Waals surface area contributed by atoms with E-state index in [0.717, 1.165) is 17.9 Å². The average molecular weight is 284 g/mol. The van der Waals surface area contributed by atoms with E-state index in [9.17, 15) is 0 Å². The van der Waals surface area contributed by atoms with Crippen molar-refractivity contribution in [1.82, 2.24) is 0 Å². The van der Waals surface area contributed by atoms with Gasteiger partial charge in [0.25, 0.3) is 0 Å². The maximum Gasteiger partial charge on any atom is 0.0885 e. The fourth-order valence-electron chi connectivity index (χ4n) is 1.59. The Bertz CT molecular complexity index is 167. The molecule has 2 unspecified atom stereocenters. The van der Waals surface area contributed by atoms with E-state index in [1.165, 1.54) is 19.3 Å². The molecule has 0 spiro atoms. The maximum atomic E-state index is 5.87. The zero-order valence-corrected chi connectivity index (χ0v) is 11.4. The zero-order valence-electron chi connectivity index (χ0n) is 9.06. The molecule has 0 saturated heterocycles. The van der Waals surface area contributed by atoms with Crippen LogP contribution in [-0.2, 0) is 4.74 Å². The van der Waals surface area contributed by atoms with Crippen LogP contribution in [0.4, 0.5) is 0 Å². The third kappa shape index (κ3) is 3.39. The molecule has 14 heavy (non-hydrogen) atoms. The van der Waals surface area contributed by atoms with Gasteiger partial charge < -0.3 is 4.74 Å². The van der Waals surface area contributed by atoms with Crippen molar-refractivity contribution in [3.8, 4) is 0 Å². The van der Waals surface area contributed by atoms with Crippen LogP contribution < -0.4 is 0 Å². The van der Waals surface area contributed by atoms with Gasteiger partial charge in [0.1, 0.15) is 0 Å². The first-order chi connectivity index (χ1) is 6.61. The molecular formula is C11H20BrClO. The highest BCUT2D eigenvalue weighted by atomic mass is 79.9. The third-order valence-electron chi connectivity index (χ3n) is 3.21. The Hall–Kier alpha value is 0.730. The van der Waals surface area contributed by atoms with Gasteiger partial charge in [-0.25, -0.2) is 0 Å². The predicted octanol–water partition coefficient (Wildman–Crippen LogP) is 3.83. The average Bonchev–Trinajstić information content (AvgIpc) is 2.11. The fourth-order valence-corrected chi connectivity index (χ4v) is 2.35. The molecule has 1 fully saturated rings. The second kappa shape index (κ2) is 5.72. The van der Waals surface area contributed by atoms with Crippen LogP contribution in [-0.4, -0.2) is 23.4 Å². The predicted molar refractivity (Wildman–Crippen MR) is 65.4 cm³/mol. The number of alkyl halides is 2. The van der Waals surface area contributed by atoms with Gasteiger partial charge >= 0.3 is 0 Å². The molecule has 0 radical (unpaired) electrons. The topological polar surface area (TPSA) is 9.23 Å². The molecule has 2 atom stereocenters. The Morgan fingerprint density at radius 1 is 1.57 bits per heavy atom. The standard InChI is InChI=1S/C11H20BrClO/c1-9(10-4-3-5-10)6-14-11(2,7-12)8-13/h9-10H,3-8H2,1-2H3. The molecule has 0 aromatic rings. The Morgan fingerprint density at radius 2 is 2.21 bits per heavy atom. The lowest BCUT2D eigenvalue weighted by atomic mass is 9.77. The number of halogens is 2. The summed E-state index contributed by atoms with van der Waals surface area (Å²) in [6.07, 6.45) is 4.17. The Labute approximate surface area is 101 Å². The fraction of sp³-hybridized carbons (Fsp3) is 1.00. The lowest BCUT2D eigenvalue weighted by molar-refractivity contribution is -0.0297. The van der Waals surface area contributed by atoms with Gasteiger partial charge in [-0.2, -0.15) is 0 Å². The molecule has 0 amide bonds. The van der Waals surface area contributed by atoms with Crippen LogP contribution in [0.2, 0.25) is 0 Å². The summed E-state index contributed by atoms with van der Waals surface area (Å²) in [5.74, 6) is 2.13. The van der Waals surface area contributed by atoms with E-state index in [2.05, 4.69) is 29.8 Å². The van der Waals surface area contributed by atoms with E-state index >= 15 is 0 Å². The molecule has 0 aromatic carbocycles. The number of rotatable bonds is 6. The zero-order chi connectivity index (χ0) is 10.6. The normalized spacial score (nSPS) is 24.0. The Balaban J connectivity index is 2.23. The van der Waals surface area contributed by atoms with Crippen molar-refractivity contribution in [3.63, 3.8) is 0 Å². The van der Waals surface area contributed by atoms with Gasteiger partial charge in [-0.1, -0.05) is 42.1 Å². The molecule has 0 aliphatic heterocycles. The van der Waals surface area contributed by atoms with Crippen molar-refractivity contribution in [2.24, 2.45) is 11.8 Å². The van der Waals surface area contributed by atoms with Crippen LogP contribution in [0.25, 0.3) is 0 Å². The van der Waals surface area contributed by atoms with Crippen LogP contribution in [0.1, 0.15) is 33.1 Å². The summed E-state index contributed by atoms with van der Waals surface area (Å²) in [6.45, 7) is 5.19. The van der Waals surface area contributed by atoms with Crippen molar-refractivity contribution in [2.75, 3.05) is 17.8 Å². The van der Waals surface area contributed by atoms with Crippen LogP contribution >= 0.6 is 27.5 Å². The molecule has 1 nitrogen and oxygen atoms in total. The van der Waals surface area contributed by atoms with E-state index in [-0.39, 0.29) is 5.60 Å². The third-order valence-corrected chi connectivity index (χ3v) is 4.97. The molecular weight excluding hydrogens is 263 g/mol. The van der Waals surface area contributed by atoms with E-state index in [4.69, 9.17) is 16.3 Å². The first-order valence-corrected chi connectivity index (χ1v) is 7.03. The molecule has 0 N–H and O–H groups in total. The van der Waals surface area contributed by atoms with E-state index in [0.29, 0.717) is 11.8 Å². The Kier molecular flexibility index (Phi) is 5.22. The summed E-state index contributed by atoms with van der Waals surface area (Å²) in [4.78, 5) is 0. The molecule has 1 rings (SSSR count). The van der Waals surface area contributed by atoms with Crippen LogP contribution in [0.5, 0.6) is 0 Å². The quantitative estimate of drug-likeness (QED) is 0.673. The summed E-state index contributed by atoms with van der Waals surface area (Å²) in [7, 11) is 0. The van der Waals surface area contributed by atoms with E-state index < -0.39 is 0 Å². The molecule has 0 heterocycles. The Morgan fingerprint density at radius 3 is 2.57 bits per heavy atom. The second-order valence-corrected chi connectivity index (χ2v) is 5.52. The minimum absolute atomic E-state index is 0.195. The molecule has 84 valence electrons. The van der Waals surface area contributed by atoms with Gasteiger partial charge in [0.05, 0.1) is 18.1 Å². The molecule has 1 aliphatic carbocycles. The van der Waals surface area contributed by atoms with Gasteiger partial charge in [-0.3, -0.25) is 0 Å². The molecule has 1 aliphatic rings. The second-order valence-electron chi connectivity index (χ2n) is 4.70. The number of hydrogen-bond donors (Lipinski definition) is 0. The lowest BCUT2D eigenvalue weighted by Gasteiger charge is -2.34. The molecule has 0 bridgehead atoms. The highest BCUT2D eigenvalue weighted by Gasteiger charge is 2.28. The first kappa shape index (κ1) is 12.8. The minimum Gasteiger partial charge on any atom is -0.373 e. The molecule has 0 aromatic heterocycles. The summed E-state index contributed by atoms with van der Waals surface area (Å²) < 4.78 is 5.87. The lowest BCUT2D eigenvalue weighted by Crippen LogP contribution is -2.36. The highest BCUT2D eigenvalue weighted by molar-refractivity contribution is 9.09. The minimum atomic E-state index is -0.195. The van der Waals surface area contributed by atoms with Crippen LogP contribution in [0.15, 0.2) is 0 Å². The van der Waals surface area contributed by atoms with Crippen molar-refractivity contribution in [2.45, 2.75) is 38.7 Å². The monoisotopic (exact) mass is 282 g/mol. The molecule has 3 heteroatoms. The highest BCUT2D eigenvalue weighted by Crippen LogP contribution is 2.34. The van der Waals surface area contributed by atoms with Crippen molar-refractivity contribution in [3.05, 3.63) is 0 Å². The summed E-state index contributed by atoms with van der Waals surface area (Å²) in [5.41, 5.74) is -0.195. The van der Waals surface area contributed by atoms with Gasteiger partial charge in [0, 0.05) is 5.33 Å². The van der Waals surface area contributed by atoms with Gasteiger partial charge in [-0.15, -0.1) is 11.6 Å². The maximum absolute atomic E-state index is 5.87. The van der Waals surface area contributed by atoms with Crippen LogP contribution in [0, 0.1) is 11.8 Å². The van der Waals surface area contributed by atoms with E-state index in [1.54, 1.807) is 0 Å². The summed E-state index contributed by atoms with van der Waals surface area (Å²) >= 11 is 9.31. The van der Waals surface area contributed by atoms with E-state index in [1.807, 2.05) is 0 Å². The summed E-state index contributed by atoms with van der Waals surface area (Å²) in [5, 5.41) is 0.806. The largest absolute Gasteiger partial charge is 0.373 e. The number of ether oxygens (including phenoxy) is 1. The van der Waals surface area contributed by atoms with Gasteiger partial charge in [0.15, 0.2) is 0 Å². The van der Waals surface area contributed by atoms with Crippen molar-refractivity contribution in [1.29, 1.82) is 0 Å². The van der Waals surface area contributed by atoms with Gasteiger partial charge in [-0.05, 0) is 18.8 Å².